The van der Waals surface area contributed by atoms with E-state index >= 15 is 0 Å². The van der Waals surface area contributed by atoms with Gasteiger partial charge >= 0.3 is 0 Å². The highest BCUT2D eigenvalue weighted by Gasteiger charge is 2.16. The molecule has 0 unspecified atom stereocenters. The van der Waals surface area contributed by atoms with Gasteiger partial charge in [-0.3, -0.25) is 9.59 Å². The number of aromatic nitrogens is 3. The van der Waals surface area contributed by atoms with Crippen molar-refractivity contribution in [1.82, 2.24) is 20.1 Å². The van der Waals surface area contributed by atoms with Crippen LogP contribution in [0.25, 0.3) is 0 Å². The molecule has 0 saturated heterocycles. The molecule has 2 aromatic carbocycles. The molecular formula is C24H26FN5O3S. The van der Waals surface area contributed by atoms with E-state index in [9.17, 15) is 14.0 Å². The molecule has 0 spiro atoms. The maximum Gasteiger partial charge on any atom is 0.254 e. The Hall–Kier alpha value is -3.66. The number of hydrogen-bond donors (Lipinski definition) is 2. The number of nitrogens with one attached hydrogen (secondary N) is 2. The fourth-order valence-corrected chi connectivity index (χ4v) is 3.89. The molecule has 1 heterocycles. The number of nitrogens with zero attached hydrogens (tertiary/aromatic N) is 3. The molecule has 178 valence electrons. The number of benzene rings is 2. The number of ether oxygens (including phenoxy) is 1. The van der Waals surface area contributed by atoms with Crippen LogP contribution in [0, 0.1) is 5.82 Å². The van der Waals surface area contributed by atoms with Crippen molar-refractivity contribution in [2.75, 3.05) is 24.2 Å². The van der Waals surface area contributed by atoms with Crippen molar-refractivity contribution in [3.63, 3.8) is 0 Å². The fraction of sp³-hybridized carbons (Fsp3) is 0.250. The molecule has 10 heteroatoms. The molecule has 2 amide bonds. The second-order valence-corrected chi connectivity index (χ2v) is 7.99. The first kappa shape index (κ1) is 25.0. The van der Waals surface area contributed by atoms with Gasteiger partial charge in [0.2, 0.25) is 5.91 Å². The van der Waals surface area contributed by atoms with Crippen molar-refractivity contribution in [2.45, 2.75) is 25.0 Å². The third-order valence-corrected chi connectivity index (χ3v) is 5.62. The first-order valence-electron chi connectivity index (χ1n) is 10.7. The number of halogens is 1. The second-order valence-electron chi connectivity index (χ2n) is 7.05. The van der Waals surface area contributed by atoms with Gasteiger partial charge in [0.05, 0.1) is 23.6 Å². The summed E-state index contributed by atoms with van der Waals surface area (Å²) in [5.41, 5.74) is 0.594. The Bertz CT molecular complexity index is 1150. The van der Waals surface area contributed by atoms with Gasteiger partial charge in [0, 0.05) is 19.5 Å². The minimum Gasteiger partial charge on any atom is -0.492 e. The molecule has 0 aliphatic carbocycles. The Labute approximate surface area is 201 Å². The summed E-state index contributed by atoms with van der Waals surface area (Å²) < 4.78 is 21.1. The van der Waals surface area contributed by atoms with Gasteiger partial charge in [-0.15, -0.1) is 16.8 Å². The summed E-state index contributed by atoms with van der Waals surface area (Å²) in [6, 6.07) is 13.0. The Morgan fingerprint density at radius 1 is 1.18 bits per heavy atom. The standard InChI is InChI=1S/C24H26FN5O3S/c1-3-15-30-21(13-14-26-23(32)17-9-5-6-10-18(17)25)28-29-24(30)34-16-22(31)27-19-11-7-8-12-20(19)33-4-2/h3,5-12H,1,4,13-16H2,2H3,(H,26,32)(H,27,31). The summed E-state index contributed by atoms with van der Waals surface area (Å²) in [4.78, 5) is 24.7. The Kier molecular flexibility index (Phi) is 9.21. The number of amides is 2. The van der Waals surface area contributed by atoms with Crippen molar-refractivity contribution >= 4 is 29.3 Å². The molecule has 3 aromatic rings. The zero-order valence-electron chi connectivity index (χ0n) is 18.8. The predicted molar refractivity (Wildman–Crippen MR) is 130 cm³/mol. The number of thioether (sulfide) groups is 1. The summed E-state index contributed by atoms with van der Waals surface area (Å²) in [6.45, 7) is 6.84. The predicted octanol–water partition coefficient (Wildman–Crippen LogP) is 3.71. The Balaban J connectivity index is 1.57. The highest BCUT2D eigenvalue weighted by Crippen LogP contribution is 2.24. The maximum atomic E-state index is 13.8. The quantitative estimate of drug-likeness (QED) is 0.301. The first-order chi connectivity index (χ1) is 16.5. The van der Waals surface area contributed by atoms with Crippen LogP contribution in [0.4, 0.5) is 10.1 Å². The van der Waals surface area contributed by atoms with E-state index in [0.29, 0.717) is 42.0 Å². The molecule has 1 aromatic heterocycles. The fourth-order valence-electron chi connectivity index (χ4n) is 3.12. The van der Waals surface area contributed by atoms with E-state index in [1.54, 1.807) is 24.3 Å². The van der Waals surface area contributed by atoms with Crippen LogP contribution >= 0.6 is 11.8 Å². The number of carbonyl (C=O) groups excluding carboxylic acids is 2. The van der Waals surface area contributed by atoms with Gasteiger partial charge in [-0.2, -0.15) is 0 Å². The number of carbonyl (C=O) groups is 2. The normalized spacial score (nSPS) is 10.5. The zero-order valence-corrected chi connectivity index (χ0v) is 19.6. The molecule has 3 rings (SSSR count). The van der Waals surface area contributed by atoms with E-state index in [-0.39, 0.29) is 23.8 Å². The Morgan fingerprint density at radius 3 is 2.71 bits per heavy atom. The van der Waals surface area contributed by atoms with E-state index in [2.05, 4.69) is 27.4 Å². The van der Waals surface area contributed by atoms with Crippen molar-refractivity contribution in [1.29, 1.82) is 0 Å². The van der Waals surface area contributed by atoms with Gasteiger partial charge in [-0.05, 0) is 31.2 Å². The van der Waals surface area contributed by atoms with E-state index < -0.39 is 11.7 Å². The van der Waals surface area contributed by atoms with E-state index in [0.717, 1.165) is 0 Å². The number of para-hydroxylation sites is 2. The highest BCUT2D eigenvalue weighted by molar-refractivity contribution is 7.99. The molecule has 0 aliphatic rings. The van der Waals surface area contributed by atoms with E-state index in [1.165, 1.54) is 30.0 Å². The molecule has 2 N–H and O–H groups in total. The topological polar surface area (TPSA) is 98.1 Å². The van der Waals surface area contributed by atoms with Crippen LogP contribution in [0.15, 0.2) is 66.3 Å². The van der Waals surface area contributed by atoms with Crippen molar-refractivity contribution in [3.05, 3.63) is 78.4 Å². The summed E-state index contributed by atoms with van der Waals surface area (Å²) in [7, 11) is 0. The lowest BCUT2D eigenvalue weighted by Crippen LogP contribution is -2.27. The van der Waals surface area contributed by atoms with Gasteiger partial charge < -0.3 is 19.9 Å². The van der Waals surface area contributed by atoms with Crippen LogP contribution in [0.3, 0.4) is 0 Å². The van der Waals surface area contributed by atoms with Gasteiger partial charge in [0.25, 0.3) is 5.91 Å². The molecule has 34 heavy (non-hydrogen) atoms. The lowest BCUT2D eigenvalue weighted by Gasteiger charge is -2.11. The minimum atomic E-state index is -0.573. The largest absolute Gasteiger partial charge is 0.492 e. The number of hydrogen-bond acceptors (Lipinski definition) is 6. The van der Waals surface area contributed by atoms with Crippen LogP contribution < -0.4 is 15.4 Å². The lowest BCUT2D eigenvalue weighted by molar-refractivity contribution is -0.113. The summed E-state index contributed by atoms with van der Waals surface area (Å²) in [5, 5.41) is 14.5. The molecule has 0 saturated carbocycles. The first-order valence-corrected chi connectivity index (χ1v) is 11.7. The third kappa shape index (κ3) is 6.67. The SMILES string of the molecule is C=CCn1c(CCNC(=O)c2ccccc2F)nnc1SCC(=O)Nc1ccccc1OCC. The van der Waals surface area contributed by atoms with Gasteiger partial charge in [0.1, 0.15) is 17.4 Å². The smallest absolute Gasteiger partial charge is 0.254 e. The molecular weight excluding hydrogens is 457 g/mol. The van der Waals surface area contributed by atoms with Crippen LogP contribution in [-0.2, 0) is 17.8 Å². The van der Waals surface area contributed by atoms with Gasteiger partial charge in [0.15, 0.2) is 5.16 Å². The molecule has 0 bridgehead atoms. The van der Waals surface area contributed by atoms with E-state index in [1.807, 2.05) is 23.6 Å². The van der Waals surface area contributed by atoms with Gasteiger partial charge in [-0.25, -0.2) is 4.39 Å². The highest BCUT2D eigenvalue weighted by atomic mass is 32.2. The minimum absolute atomic E-state index is 0.0109. The number of rotatable bonds is 12. The molecule has 0 fully saturated rings. The van der Waals surface area contributed by atoms with Crippen molar-refractivity contribution in [3.8, 4) is 5.75 Å². The van der Waals surface area contributed by atoms with Crippen molar-refractivity contribution < 1.29 is 18.7 Å². The third-order valence-electron chi connectivity index (χ3n) is 4.65. The maximum absolute atomic E-state index is 13.8. The average molecular weight is 484 g/mol. The van der Waals surface area contributed by atoms with Crippen molar-refractivity contribution in [2.24, 2.45) is 0 Å². The molecule has 0 aliphatic heterocycles. The average Bonchev–Trinajstić information content (AvgIpc) is 3.21. The number of anilines is 1. The van der Waals surface area contributed by atoms with E-state index in [4.69, 9.17) is 4.74 Å². The molecule has 0 radical (unpaired) electrons. The van der Waals surface area contributed by atoms with Gasteiger partial charge in [-0.1, -0.05) is 42.1 Å². The molecule has 8 nitrogen and oxygen atoms in total. The zero-order chi connectivity index (χ0) is 24.3. The monoisotopic (exact) mass is 483 g/mol. The van der Waals surface area contributed by atoms with Crippen LogP contribution in [-0.4, -0.2) is 45.5 Å². The summed E-state index contributed by atoms with van der Waals surface area (Å²) >= 11 is 1.24. The van der Waals surface area contributed by atoms with Crippen LogP contribution in [0.1, 0.15) is 23.1 Å². The van der Waals surface area contributed by atoms with Crippen LogP contribution in [0.5, 0.6) is 5.75 Å². The number of allylic oxidation sites excluding steroid dienone is 1. The lowest BCUT2D eigenvalue weighted by atomic mass is 10.2. The summed E-state index contributed by atoms with van der Waals surface area (Å²) in [5.74, 6) is 0.0853. The second kappa shape index (κ2) is 12.5. The molecule has 0 atom stereocenters. The summed E-state index contributed by atoms with van der Waals surface area (Å²) in [6.07, 6.45) is 2.09. The van der Waals surface area contributed by atoms with Crippen LogP contribution in [0.2, 0.25) is 0 Å². The Morgan fingerprint density at radius 2 is 1.94 bits per heavy atom.